The molecule has 2 aliphatic rings. The van der Waals surface area contributed by atoms with Crippen molar-refractivity contribution in [1.29, 1.82) is 0 Å². The Morgan fingerprint density at radius 2 is 2.00 bits per heavy atom. The van der Waals surface area contributed by atoms with Crippen LogP contribution in [0.4, 0.5) is 5.82 Å². The summed E-state index contributed by atoms with van der Waals surface area (Å²) in [6.45, 7) is 7.63. The fourth-order valence-electron chi connectivity index (χ4n) is 4.62. The van der Waals surface area contributed by atoms with Crippen molar-refractivity contribution in [3.63, 3.8) is 0 Å². The first-order valence-electron chi connectivity index (χ1n) is 10.5. The molecule has 5 heterocycles. The van der Waals surface area contributed by atoms with Crippen LogP contribution in [0.5, 0.6) is 0 Å². The van der Waals surface area contributed by atoms with E-state index in [-0.39, 0.29) is 0 Å². The standard InChI is InChI=1S/C22H27N5OS/c1-15-12-21(27-20(23-15)11-16(2)24-27)25-7-3-17(4-8-25)13-22(28)26-9-5-19-18(14-26)6-10-29-19/h6,10-12,17H,3-5,7-9,13-14H2,1-2H3. The number of carbonyl (C=O) groups excluding carboxylic acids is 1. The van der Waals surface area contributed by atoms with Crippen LogP contribution in [0, 0.1) is 19.8 Å². The molecule has 0 aliphatic carbocycles. The average molecular weight is 410 g/mol. The molecule has 1 saturated heterocycles. The predicted molar refractivity (Wildman–Crippen MR) is 115 cm³/mol. The maximum Gasteiger partial charge on any atom is 0.223 e. The molecule has 0 spiro atoms. The summed E-state index contributed by atoms with van der Waals surface area (Å²) in [5.41, 5.74) is 4.26. The van der Waals surface area contributed by atoms with E-state index in [0.29, 0.717) is 18.2 Å². The lowest BCUT2D eigenvalue weighted by Crippen LogP contribution is -2.39. The molecule has 152 valence electrons. The lowest BCUT2D eigenvalue weighted by atomic mass is 9.92. The van der Waals surface area contributed by atoms with Crippen LogP contribution >= 0.6 is 11.3 Å². The number of nitrogens with zero attached hydrogens (tertiary/aromatic N) is 5. The zero-order valence-electron chi connectivity index (χ0n) is 17.1. The van der Waals surface area contributed by atoms with Crippen LogP contribution < -0.4 is 4.90 Å². The molecule has 1 amide bonds. The van der Waals surface area contributed by atoms with Crippen LogP contribution in [-0.4, -0.2) is 45.0 Å². The Morgan fingerprint density at radius 3 is 2.83 bits per heavy atom. The molecule has 0 radical (unpaired) electrons. The molecule has 7 heteroatoms. The van der Waals surface area contributed by atoms with Crippen LogP contribution in [0.1, 0.15) is 41.1 Å². The number of thiophene rings is 1. The fourth-order valence-corrected chi connectivity index (χ4v) is 5.51. The quantitative estimate of drug-likeness (QED) is 0.663. The zero-order valence-corrected chi connectivity index (χ0v) is 17.9. The summed E-state index contributed by atoms with van der Waals surface area (Å²) < 4.78 is 1.96. The number of rotatable bonds is 3. The van der Waals surface area contributed by atoms with Gasteiger partial charge in [-0.05, 0) is 56.0 Å². The zero-order chi connectivity index (χ0) is 20.0. The summed E-state index contributed by atoms with van der Waals surface area (Å²) in [4.78, 5) is 23.4. The minimum absolute atomic E-state index is 0.324. The van der Waals surface area contributed by atoms with Gasteiger partial charge in [-0.15, -0.1) is 11.3 Å². The van der Waals surface area contributed by atoms with Crippen LogP contribution in [0.2, 0.25) is 0 Å². The van der Waals surface area contributed by atoms with Gasteiger partial charge in [-0.2, -0.15) is 9.61 Å². The van der Waals surface area contributed by atoms with E-state index in [9.17, 15) is 4.79 Å². The molecule has 2 aliphatic heterocycles. The Morgan fingerprint density at radius 1 is 1.17 bits per heavy atom. The third-order valence-corrected chi connectivity index (χ3v) is 7.24. The SMILES string of the molecule is Cc1cc(N2CCC(CC(=O)N3CCc4sccc4C3)CC2)n2nc(C)cc2n1. The number of hydrogen-bond donors (Lipinski definition) is 0. The molecule has 1 fully saturated rings. The summed E-state index contributed by atoms with van der Waals surface area (Å²) >= 11 is 1.82. The number of piperidine rings is 1. The Labute approximate surface area is 175 Å². The van der Waals surface area contributed by atoms with E-state index >= 15 is 0 Å². The molecule has 5 rings (SSSR count). The van der Waals surface area contributed by atoms with Crippen LogP contribution in [0.3, 0.4) is 0 Å². The predicted octanol–water partition coefficient (Wildman–Crippen LogP) is 3.60. The van der Waals surface area contributed by atoms with Gasteiger partial charge in [-0.1, -0.05) is 0 Å². The van der Waals surface area contributed by atoms with Crippen molar-refractivity contribution in [3.05, 3.63) is 45.4 Å². The second-order valence-electron chi connectivity index (χ2n) is 8.38. The maximum atomic E-state index is 12.9. The number of aryl methyl sites for hydroxylation is 2. The van der Waals surface area contributed by atoms with Crippen LogP contribution in [0.15, 0.2) is 23.6 Å². The Kier molecular flexibility index (Phi) is 4.78. The van der Waals surface area contributed by atoms with Crippen molar-refractivity contribution in [1.82, 2.24) is 19.5 Å². The third kappa shape index (κ3) is 3.64. The minimum Gasteiger partial charge on any atom is -0.356 e. The van der Waals surface area contributed by atoms with Gasteiger partial charge < -0.3 is 9.80 Å². The van der Waals surface area contributed by atoms with Gasteiger partial charge in [-0.25, -0.2) is 4.98 Å². The van der Waals surface area contributed by atoms with Gasteiger partial charge in [0.2, 0.25) is 5.91 Å². The van der Waals surface area contributed by atoms with Crippen molar-refractivity contribution in [2.45, 2.75) is 46.1 Å². The molecule has 0 saturated carbocycles. The smallest absolute Gasteiger partial charge is 0.223 e. The lowest BCUT2D eigenvalue weighted by Gasteiger charge is -2.35. The molecule has 6 nitrogen and oxygen atoms in total. The van der Waals surface area contributed by atoms with E-state index in [1.807, 2.05) is 35.8 Å². The molecule has 3 aromatic heterocycles. The fraction of sp³-hybridized carbons (Fsp3) is 0.500. The number of anilines is 1. The first kappa shape index (κ1) is 18.6. The molecular formula is C22H27N5OS. The van der Waals surface area contributed by atoms with E-state index in [1.54, 1.807) is 0 Å². The number of fused-ring (bicyclic) bond motifs is 2. The maximum absolute atomic E-state index is 12.9. The first-order chi connectivity index (χ1) is 14.1. The number of amides is 1. The topological polar surface area (TPSA) is 53.7 Å². The van der Waals surface area contributed by atoms with Crippen molar-refractivity contribution < 1.29 is 4.79 Å². The van der Waals surface area contributed by atoms with Crippen molar-refractivity contribution in [2.24, 2.45) is 5.92 Å². The summed E-state index contributed by atoms with van der Waals surface area (Å²) in [7, 11) is 0. The normalized spacial score (nSPS) is 17.7. The van der Waals surface area contributed by atoms with Gasteiger partial charge in [-0.3, -0.25) is 4.79 Å². The summed E-state index contributed by atoms with van der Waals surface area (Å²) in [6.07, 6.45) is 3.79. The molecule has 0 aromatic carbocycles. The van der Waals surface area contributed by atoms with Crippen LogP contribution in [-0.2, 0) is 17.8 Å². The summed E-state index contributed by atoms with van der Waals surface area (Å²) in [5, 5.41) is 6.77. The minimum atomic E-state index is 0.324. The molecule has 3 aromatic rings. The van der Waals surface area contributed by atoms with Crippen molar-refractivity contribution >= 4 is 28.7 Å². The average Bonchev–Trinajstić information content (AvgIpc) is 3.32. The Balaban J connectivity index is 1.22. The number of hydrogen-bond acceptors (Lipinski definition) is 5. The molecule has 0 N–H and O–H groups in total. The van der Waals surface area contributed by atoms with E-state index in [4.69, 9.17) is 0 Å². The van der Waals surface area contributed by atoms with E-state index in [1.165, 1.54) is 10.4 Å². The molecule has 0 bridgehead atoms. The van der Waals surface area contributed by atoms with E-state index in [0.717, 1.165) is 68.3 Å². The van der Waals surface area contributed by atoms with Gasteiger partial charge in [0.05, 0.1) is 5.69 Å². The Hall–Kier alpha value is -2.41. The highest BCUT2D eigenvalue weighted by Gasteiger charge is 2.27. The van der Waals surface area contributed by atoms with Crippen molar-refractivity contribution in [2.75, 3.05) is 24.5 Å². The highest BCUT2D eigenvalue weighted by Crippen LogP contribution is 2.29. The van der Waals surface area contributed by atoms with Gasteiger partial charge in [0.25, 0.3) is 0 Å². The van der Waals surface area contributed by atoms with Gasteiger partial charge in [0.1, 0.15) is 5.82 Å². The van der Waals surface area contributed by atoms with Gasteiger partial charge in [0.15, 0.2) is 5.65 Å². The van der Waals surface area contributed by atoms with Crippen molar-refractivity contribution in [3.8, 4) is 0 Å². The highest BCUT2D eigenvalue weighted by molar-refractivity contribution is 7.10. The monoisotopic (exact) mass is 409 g/mol. The first-order valence-corrected chi connectivity index (χ1v) is 11.4. The summed E-state index contributed by atoms with van der Waals surface area (Å²) in [5.74, 6) is 1.91. The van der Waals surface area contributed by atoms with E-state index < -0.39 is 0 Å². The summed E-state index contributed by atoms with van der Waals surface area (Å²) in [6, 6.07) is 6.32. The molecule has 29 heavy (non-hydrogen) atoms. The highest BCUT2D eigenvalue weighted by atomic mass is 32.1. The van der Waals surface area contributed by atoms with Gasteiger partial charge >= 0.3 is 0 Å². The second kappa shape index (κ2) is 7.44. The largest absolute Gasteiger partial charge is 0.356 e. The number of aromatic nitrogens is 3. The molecular weight excluding hydrogens is 382 g/mol. The molecule has 0 unspecified atom stereocenters. The second-order valence-corrected chi connectivity index (χ2v) is 9.38. The third-order valence-electron chi connectivity index (χ3n) is 6.22. The van der Waals surface area contributed by atoms with E-state index in [2.05, 4.69) is 37.4 Å². The van der Waals surface area contributed by atoms with Crippen LogP contribution in [0.25, 0.3) is 5.65 Å². The Bertz CT molecular complexity index is 1050. The lowest BCUT2D eigenvalue weighted by molar-refractivity contribution is -0.133. The molecule has 0 atom stereocenters. The van der Waals surface area contributed by atoms with Gasteiger partial charge in [0, 0.05) is 55.3 Å². The number of carbonyl (C=O) groups is 1.